The number of hydrogen-bond donors (Lipinski definition) is 2. The number of methoxy groups -OCH3 is 1. The molecule has 3 heterocycles. The first-order valence-corrected chi connectivity index (χ1v) is 13.3. The third-order valence-electron chi connectivity index (χ3n) is 7.83. The molecule has 3 aliphatic rings. The number of carbonyl (C=O) groups excluding carboxylic acids is 6. The molecule has 218 valence electrons. The molecule has 2 N–H and O–H groups in total. The van der Waals surface area contributed by atoms with Gasteiger partial charge in [0.25, 0.3) is 5.91 Å². The average Bonchev–Trinajstić information content (AvgIpc) is 3.68. The predicted octanol–water partition coefficient (Wildman–Crippen LogP) is -2.98. The highest BCUT2D eigenvalue weighted by Crippen LogP contribution is 2.36. The van der Waals surface area contributed by atoms with Crippen LogP contribution in [-0.4, -0.2) is 96.3 Å². The molecule has 1 aromatic rings. The number of rotatable bonds is 9. The fourth-order valence-electron chi connectivity index (χ4n) is 6.03. The van der Waals surface area contributed by atoms with E-state index in [1.165, 1.54) is 25.5 Å². The predicted molar refractivity (Wildman–Crippen MR) is 129 cm³/mol. The number of carboxylic acid groups (broad SMARTS) is 2. The molecule has 0 radical (unpaired) electrons. The molecule has 0 bridgehead atoms. The Kier molecular flexibility index (Phi) is 9.07. The van der Waals surface area contributed by atoms with E-state index in [-0.39, 0.29) is 38.3 Å². The average molecular weight is 561 g/mol. The van der Waals surface area contributed by atoms with Crippen molar-refractivity contribution < 1.29 is 48.1 Å². The summed E-state index contributed by atoms with van der Waals surface area (Å²) in [5.74, 6) is -6.79. The maximum atomic E-state index is 13.7. The lowest BCUT2D eigenvalue weighted by Crippen LogP contribution is -2.54. The summed E-state index contributed by atoms with van der Waals surface area (Å²) in [5, 5.41) is 29.1. The highest BCUT2D eigenvalue weighted by molar-refractivity contribution is 5.93. The summed E-state index contributed by atoms with van der Waals surface area (Å²) in [6.45, 7) is -0.394. The Hall–Kier alpha value is -3.94. The first kappa shape index (κ1) is 29.1. The first-order chi connectivity index (χ1) is 19.1. The summed E-state index contributed by atoms with van der Waals surface area (Å²) in [4.78, 5) is 77.9. The van der Waals surface area contributed by atoms with Crippen molar-refractivity contribution in [2.75, 3.05) is 26.8 Å². The molecule has 6 atom stereocenters. The van der Waals surface area contributed by atoms with Crippen molar-refractivity contribution in [3.05, 3.63) is 24.2 Å². The highest BCUT2D eigenvalue weighted by Gasteiger charge is 2.47. The molecule has 4 rings (SSSR count). The first-order valence-electron chi connectivity index (χ1n) is 13.3. The number of amides is 4. The highest BCUT2D eigenvalue weighted by atomic mass is 16.5. The number of carbonyl (C=O) groups is 6. The third kappa shape index (κ3) is 6.27. The summed E-state index contributed by atoms with van der Waals surface area (Å²) in [6, 6.07) is -0.929. The number of furan rings is 1. The largest absolute Gasteiger partial charge is 0.548 e. The molecule has 14 nitrogen and oxygen atoms in total. The van der Waals surface area contributed by atoms with Gasteiger partial charge in [-0.2, -0.15) is 0 Å². The molecule has 1 aliphatic carbocycles. The molecular formula is C26H32N4O10-2. The molecule has 0 unspecified atom stereocenters. The van der Waals surface area contributed by atoms with Gasteiger partial charge in [0.05, 0.1) is 30.3 Å². The lowest BCUT2D eigenvalue weighted by atomic mass is 9.77. The van der Waals surface area contributed by atoms with E-state index in [0.29, 0.717) is 25.7 Å². The fourth-order valence-corrected chi connectivity index (χ4v) is 6.03. The summed E-state index contributed by atoms with van der Waals surface area (Å²) in [5.41, 5.74) is 0. The van der Waals surface area contributed by atoms with Gasteiger partial charge in [0, 0.05) is 44.1 Å². The van der Waals surface area contributed by atoms with E-state index in [1.54, 1.807) is 0 Å². The van der Waals surface area contributed by atoms with Gasteiger partial charge in [-0.25, -0.2) is 0 Å². The maximum absolute atomic E-state index is 13.7. The molecule has 1 saturated carbocycles. The summed E-state index contributed by atoms with van der Waals surface area (Å²) < 4.78 is 9.85. The van der Waals surface area contributed by atoms with Crippen molar-refractivity contribution in [3.8, 4) is 0 Å². The van der Waals surface area contributed by atoms with E-state index in [9.17, 15) is 39.0 Å². The van der Waals surface area contributed by atoms with Crippen molar-refractivity contribution in [1.82, 2.24) is 20.4 Å². The molecule has 3 fully saturated rings. The van der Waals surface area contributed by atoms with Crippen LogP contribution in [0.1, 0.15) is 49.1 Å². The van der Waals surface area contributed by atoms with Crippen molar-refractivity contribution in [1.29, 1.82) is 0 Å². The SMILES string of the molecule is COCC(=O)N[C@H]1C[C@@H](C(=O)[O-])N(C(=O)[C@H]2CCCC[C@H]2C(=O)N2C[C@@H](NC(=O)c3ccco3)C[C@H]2C(=O)[O-])C1. The summed E-state index contributed by atoms with van der Waals surface area (Å²) >= 11 is 0. The molecule has 40 heavy (non-hydrogen) atoms. The van der Waals surface area contributed by atoms with Crippen LogP contribution >= 0.6 is 0 Å². The van der Waals surface area contributed by atoms with E-state index >= 15 is 0 Å². The molecule has 0 spiro atoms. The Labute approximate surface area is 230 Å². The Bertz CT molecular complexity index is 1140. The van der Waals surface area contributed by atoms with Gasteiger partial charge in [-0.15, -0.1) is 0 Å². The molecule has 4 amide bonds. The second-order valence-corrected chi connectivity index (χ2v) is 10.5. The van der Waals surface area contributed by atoms with E-state index in [0.717, 1.165) is 9.80 Å². The van der Waals surface area contributed by atoms with Crippen LogP contribution in [-0.2, 0) is 28.7 Å². The van der Waals surface area contributed by atoms with E-state index in [2.05, 4.69) is 10.6 Å². The third-order valence-corrected chi connectivity index (χ3v) is 7.83. The fraction of sp³-hybridized carbons (Fsp3) is 0.615. The van der Waals surface area contributed by atoms with Gasteiger partial charge >= 0.3 is 0 Å². The minimum absolute atomic E-state index is 0.0394. The Morgan fingerprint density at radius 3 is 1.88 bits per heavy atom. The van der Waals surface area contributed by atoms with Crippen LogP contribution in [0.3, 0.4) is 0 Å². The Morgan fingerprint density at radius 2 is 1.43 bits per heavy atom. The zero-order valence-electron chi connectivity index (χ0n) is 22.0. The van der Waals surface area contributed by atoms with Crippen molar-refractivity contribution >= 4 is 35.6 Å². The Morgan fingerprint density at radius 1 is 0.900 bits per heavy atom. The van der Waals surface area contributed by atoms with Crippen molar-refractivity contribution in [3.63, 3.8) is 0 Å². The Balaban J connectivity index is 1.48. The quantitative estimate of drug-likeness (QED) is 0.314. The lowest BCUT2D eigenvalue weighted by Gasteiger charge is -2.37. The van der Waals surface area contributed by atoms with Crippen LogP contribution in [0.2, 0.25) is 0 Å². The molecule has 14 heteroatoms. The van der Waals surface area contributed by atoms with Crippen LogP contribution in [0.4, 0.5) is 0 Å². The number of likely N-dealkylation sites (tertiary alicyclic amines) is 2. The number of nitrogens with one attached hydrogen (secondary N) is 2. The minimum atomic E-state index is -1.48. The number of hydrogen-bond acceptors (Lipinski definition) is 10. The number of nitrogens with zero attached hydrogens (tertiary/aromatic N) is 2. The van der Waals surface area contributed by atoms with Crippen LogP contribution in [0.15, 0.2) is 22.8 Å². The van der Waals surface area contributed by atoms with Gasteiger partial charge in [-0.3, -0.25) is 19.2 Å². The second-order valence-electron chi connectivity index (χ2n) is 10.5. The molecule has 0 aromatic carbocycles. The van der Waals surface area contributed by atoms with Gasteiger partial charge < -0.3 is 49.4 Å². The van der Waals surface area contributed by atoms with Crippen molar-refractivity contribution in [2.45, 2.75) is 62.7 Å². The van der Waals surface area contributed by atoms with E-state index in [4.69, 9.17) is 9.15 Å². The van der Waals surface area contributed by atoms with E-state index in [1.807, 2.05) is 0 Å². The smallest absolute Gasteiger partial charge is 0.287 e. The molecule has 1 aromatic heterocycles. The van der Waals surface area contributed by atoms with Crippen molar-refractivity contribution in [2.24, 2.45) is 11.8 Å². The van der Waals surface area contributed by atoms with Crippen LogP contribution < -0.4 is 20.8 Å². The second kappa shape index (κ2) is 12.5. The van der Waals surface area contributed by atoms with Gasteiger partial charge in [0.1, 0.15) is 6.61 Å². The zero-order chi connectivity index (χ0) is 29.0. The number of aliphatic carboxylic acids is 2. The zero-order valence-corrected chi connectivity index (χ0v) is 22.0. The van der Waals surface area contributed by atoms with Crippen LogP contribution in [0.25, 0.3) is 0 Å². The van der Waals surface area contributed by atoms with E-state index < -0.39 is 71.6 Å². The lowest BCUT2D eigenvalue weighted by molar-refractivity contribution is -0.312. The molecular weight excluding hydrogens is 528 g/mol. The van der Waals surface area contributed by atoms with Crippen LogP contribution in [0.5, 0.6) is 0 Å². The maximum Gasteiger partial charge on any atom is 0.287 e. The van der Waals surface area contributed by atoms with Gasteiger partial charge in [-0.05, 0) is 37.8 Å². The normalized spacial score (nSPS) is 28.2. The number of carboxylic acids is 2. The number of ether oxygens (including phenoxy) is 1. The summed E-state index contributed by atoms with van der Waals surface area (Å²) in [7, 11) is 1.34. The monoisotopic (exact) mass is 560 g/mol. The molecule has 2 aliphatic heterocycles. The topological polar surface area (TPSA) is 201 Å². The van der Waals surface area contributed by atoms with Gasteiger partial charge in [0.15, 0.2) is 5.76 Å². The van der Waals surface area contributed by atoms with Gasteiger partial charge in [-0.1, -0.05) is 12.8 Å². The minimum Gasteiger partial charge on any atom is -0.548 e. The van der Waals surface area contributed by atoms with Gasteiger partial charge in [0.2, 0.25) is 17.7 Å². The molecule has 2 saturated heterocycles. The van der Waals surface area contributed by atoms with Crippen LogP contribution in [0, 0.1) is 11.8 Å². The standard InChI is InChI=1S/C26H34N4O10/c1-39-13-21(31)27-14-9-18(25(35)36)29(11-14)23(33)16-5-2-3-6-17(16)24(34)30-12-15(10-19(30)26(37)38)28-22(32)20-7-4-8-40-20/h4,7-8,14-19H,2-3,5-6,9-13H2,1H3,(H,27,31)(H,28,32)(H,35,36)(H,37,38)/p-2/t14-,15-,16-,17+,18-,19-/m0/s1. The summed E-state index contributed by atoms with van der Waals surface area (Å²) in [6.07, 6.45) is 3.08.